The maximum absolute atomic E-state index is 11.8. The normalized spacial score (nSPS) is 13.9. The number of carboxylic acids is 1. The van der Waals surface area contributed by atoms with Gasteiger partial charge in [0.05, 0.1) is 12.6 Å². The Hall–Kier alpha value is -1.85. The first-order valence-corrected chi connectivity index (χ1v) is 5.96. The quantitative estimate of drug-likeness (QED) is 0.701. The topological polar surface area (TPSA) is 95.1 Å². The first-order chi connectivity index (χ1) is 8.45. The number of hydrogen-bond acceptors (Lipinski definition) is 3. The molecule has 3 N–H and O–H groups in total. The summed E-state index contributed by atoms with van der Waals surface area (Å²) in [5, 5.41) is 18.2. The second-order valence-corrected chi connectivity index (χ2v) is 4.47. The average molecular weight is 253 g/mol. The zero-order valence-corrected chi connectivity index (χ0v) is 10.9. The third-order valence-electron chi connectivity index (χ3n) is 3.08. The SMILES string of the molecule is CC[C@H](C)[C@H](NC(=O)Cc1cn[nH]c1C)C(=O)O. The highest BCUT2D eigenvalue weighted by molar-refractivity contribution is 5.85. The molecule has 2 atom stereocenters. The van der Waals surface area contributed by atoms with Gasteiger partial charge in [-0.05, 0) is 12.8 Å². The van der Waals surface area contributed by atoms with Crippen LogP contribution in [0, 0.1) is 12.8 Å². The van der Waals surface area contributed by atoms with Crippen molar-refractivity contribution in [2.45, 2.75) is 39.7 Å². The molecule has 0 saturated heterocycles. The zero-order valence-electron chi connectivity index (χ0n) is 10.9. The third-order valence-corrected chi connectivity index (χ3v) is 3.08. The van der Waals surface area contributed by atoms with E-state index in [1.54, 1.807) is 6.20 Å². The van der Waals surface area contributed by atoms with Crippen molar-refractivity contribution in [1.82, 2.24) is 15.5 Å². The second-order valence-electron chi connectivity index (χ2n) is 4.47. The highest BCUT2D eigenvalue weighted by atomic mass is 16.4. The Kier molecular flexibility index (Phi) is 4.88. The molecule has 100 valence electrons. The van der Waals surface area contributed by atoms with Gasteiger partial charge in [0.25, 0.3) is 0 Å². The zero-order chi connectivity index (χ0) is 13.7. The van der Waals surface area contributed by atoms with Gasteiger partial charge in [-0.3, -0.25) is 9.89 Å². The molecule has 1 aromatic heterocycles. The van der Waals surface area contributed by atoms with Crippen molar-refractivity contribution >= 4 is 11.9 Å². The van der Waals surface area contributed by atoms with Crippen LogP contribution in [0.3, 0.4) is 0 Å². The molecule has 0 aliphatic rings. The lowest BCUT2D eigenvalue weighted by Crippen LogP contribution is -2.45. The number of nitrogens with zero attached hydrogens (tertiary/aromatic N) is 1. The lowest BCUT2D eigenvalue weighted by molar-refractivity contribution is -0.143. The monoisotopic (exact) mass is 253 g/mol. The molecule has 0 fully saturated rings. The molecule has 0 saturated carbocycles. The van der Waals surface area contributed by atoms with E-state index < -0.39 is 12.0 Å². The predicted molar refractivity (Wildman–Crippen MR) is 66.1 cm³/mol. The second kappa shape index (κ2) is 6.18. The van der Waals surface area contributed by atoms with Gasteiger partial charge in [-0.1, -0.05) is 20.3 Å². The number of aryl methyl sites for hydroxylation is 1. The van der Waals surface area contributed by atoms with Gasteiger partial charge < -0.3 is 10.4 Å². The van der Waals surface area contributed by atoms with Gasteiger partial charge in [-0.15, -0.1) is 0 Å². The van der Waals surface area contributed by atoms with E-state index >= 15 is 0 Å². The van der Waals surface area contributed by atoms with Crippen molar-refractivity contribution in [3.05, 3.63) is 17.5 Å². The molecule has 18 heavy (non-hydrogen) atoms. The molecular formula is C12H19N3O3. The van der Waals surface area contributed by atoms with Gasteiger partial charge in [0, 0.05) is 11.3 Å². The number of H-pyrrole nitrogens is 1. The minimum atomic E-state index is -0.999. The smallest absolute Gasteiger partial charge is 0.326 e. The summed E-state index contributed by atoms with van der Waals surface area (Å²) in [6, 6.07) is -0.838. The van der Waals surface area contributed by atoms with E-state index in [2.05, 4.69) is 15.5 Å². The van der Waals surface area contributed by atoms with Crippen LogP contribution in [0.1, 0.15) is 31.5 Å². The first-order valence-electron chi connectivity index (χ1n) is 5.96. The Bertz CT molecular complexity index is 428. The summed E-state index contributed by atoms with van der Waals surface area (Å²) in [5.74, 6) is -1.40. The summed E-state index contributed by atoms with van der Waals surface area (Å²) in [7, 11) is 0. The van der Waals surface area contributed by atoms with Crippen LogP contribution in [-0.4, -0.2) is 33.2 Å². The fourth-order valence-electron chi connectivity index (χ4n) is 1.63. The van der Waals surface area contributed by atoms with Crippen LogP contribution in [0.4, 0.5) is 0 Å². The Morgan fingerprint density at radius 1 is 1.56 bits per heavy atom. The molecule has 0 unspecified atom stereocenters. The van der Waals surface area contributed by atoms with Gasteiger partial charge in [0.15, 0.2) is 0 Å². The van der Waals surface area contributed by atoms with Gasteiger partial charge in [0.2, 0.25) is 5.91 Å². The molecule has 6 heteroatoms. The molecule has 0 aromatic carbocycles. The van der Waals surface area contributed by atoms with E-state index in [4.69, 9.17) is 5.11 Å². The van der Waals surface area contributed by atoms with E-state index in [9.17, 15) is 9.59 Å². The van der Waals surface area contributed by atoms with Crippen LogP contribution in [0.15, 0.2) is 6.20 Å². The Morgan fingerprint density at radius 2 is 2.22 bits per heavy atom. The Labute approximate surface area is 106 Å². The number of nitrogens with one attached hydrogen (secondary N) is 2. The maximum Gasteiger partial charge on any atom is 0.326 e. The molecule has 1 amide bonds. The molecule has 6 nitrogen and oxygen atoms in total. The number of aromatic nitrogens is 2. The van der Waals surface area contributed by atoms with Gasteiger partial charge in [-0.25, -0.2) is 4.79 Å². The lowest BCUT2D eigenvalue weighted by atomic mass is 9.99. The van der Waals surface area contributed by atoms with E-state index in [0.717, 1.165) is 11.3 Å². The third kappa shape index (κ3) is 3.58. The van der Waals surface area contributed by atoms with E-state index in [0.29, 0.717) is 6.42 Å². The largest absolute Gasteiger partial charge is 0.480 e. The number of hydrogen-bond donors (Lipinski definition) is 3. The summed E-state index contributed by atoms with van der Waals surface area (Å²) < 4.78 is 0. The fraction of sp³-hybridized carbons (Fsp3) is 0.583. The molecule has 1 heterocycles. The number of carbonyl (C=O) groups excluding carboxylic acids is 1. The van der Waals surface area contributed by atoms with Crippen molar-refractivity contribution in [2.75, 3.05) is 0 Å². The molecule has 1 aromatic rings. The molecule has 0 bridgehead atoms. The average Bonchev–Trinajstić information content (AvgIpc) is 2.70. The highest BCUT2D eigenvalue weighted by Crippen LogP contribution is 2.09. The molecule has 0 radical (unpaired) electrons. The molecule has 1 rings (SSSR count). The minimum Gasteiger partial charge on any atom is -0.480 e. The number of amides is 1. The van der Waals surface area contributed by atoms with E-state index in [1.165, 1.54) is 0 Å². The van der Waals surface area contributed by atoms with E-state index in [-0.39, 0.29) is 18.2 Å². The van der Waals surface area contributed by atoms with Crippen molar-refractivity contribution in [3.8, 4) is 0 Å². The van der Waals surface area contributed by atoms with Crippen LogP contribution in [0.2, 0.25) is 0 Å². The maximum atomic E-state index is 11.8. The van der Waals surface area contributed by atoms with Crippen LogP contribution < -0.4 is 5.32 Å². The molecule has 0 aliphatic carbocycles. The molecule has 0 aliphatic heterocycles. The predicted octanol–water partition coefficient (Wildman–Crippen LogP) is 0.876. The minimum absolute atomic E-state index is 0.100. The van der Waals surface area contributed by atoms with Crippen LogP contribution in [0.25, 0.3) is 0 Å². The summed E-state index contributed by atoms with van der Waals surface area (Å²) in [6.07, 6.45) is 2.42. The highest BCUT2D eigenvalue weighted by Gasteiger charge is 2.25. The number of aliphatic carboxylic acids is 1. The Balaban J connectivity index is 2.62. The fourth-order valence-corrected chi connectivity index (χ4v) is 1.63. The standard InChI is InChI=1S/C12H19N3O3/c1-4-7(2)11(12(17)18)14-10(16)5-9-6-13-15-8(9)3/h6-7,11H,4-5H2,1-3H3,(H,13,15)(H,14,16)(H,17,18)/t7-,11-/m0/s1. The van der Waals surface area contributed by atoms with Crippen molar-refractivity contribution in [1.29, 1.82) is 0 Å². The van der Waals surface area contributed by atoms with Crippen molar-refractivity contribution in [2.24, 2.45) is 5.92 Å². The first kappa shape index (κ1) is 14.2. The van der Waals surface area contributed by atoms with Crippen molar-refractivity contribution in [3.63, 3.8) is 0 Å². The van der Waals surface area contributed by atoms with Gasteiger partial charge in [0.1, 0.15) is 6.04 Å². The van der Waals surface area contributed by atoms with Crippen molar-refractivity contribution < 1.29 is 14.7 Å². The van der Waals surface area contributed by atoms with Crippen LogP contribution >= 0.6 is 0 Å². The summed E-state index contributed by atoms with van der Waals surface area (Å²) >= 11 is 0. The van der Waals surface area contributed by atoms with E-state index in [1.807, 2.05) is 20.8 Å². The molecule has 0 spiro atoms. The number of rotatable bonds is 6. The summed E-state index contributed by atoms with van der Waals surface area (Å²) in [4.78, 5) is 22.9. The van der Waals surface area contributed by atoms with Crippen LogP contribution in [0.5, 0.6) is 0 Å². The summed E-state index contributed by atoms with van der Waals surface area (Å²) in [5.41, 5.74) is 1.60. The number of carbonyl (C=O) groups is 2. The number of carboxylic acid groups (broad SMARTS) is 1. The molecular weight excluding hydrogens is 234 g/mol. The number of aromatic amines is 1. The van der Waals surface area contributed by atoms with Gasteiger partial charge >= 0.3 is 5.97 Å². The summed E-state index contributed by atoms with van der Waals surface area (Å²) in [6.45, 7) is 5.52. The van der Waals surface area contributed by atoms with Gasteiger partial charge in [-0.2, -0.15) is 5.10 Å². The van der Waals surface area contributed by atoms with Crippen LogP contribution in [-0.2, 0) is 16.0 Å². The Morgan fingerprint density at radius 3 is 2.67 bits per heavy atom. The lowest BCUT2D eigenvalue weighted by Gasteiger charge is -2.20.